The van der Waals surface area contributed by atoms with Crippen LogP contribution in [0.2, 0.25) is 0 Å². The summed E-state index contributed by atoms with van der Waals surface area (Å²) >= 11 is 0. The SMILES string of the molecule is CCOC(=O)CCNC(=O)NC(C)C(=O)N1CCc2ccccc21. The molecule has 1 heterocycles. The van der Waals surface area contributed by atoms with Crippen LogP contribution < -0.4 is 15.5 Å². The van der Waals surface area contributed by atoms with Gasteiger partial charge in [0, 0.05) is 18.8 Å². The predicted octanol–water partition coefficient (Wildman–Crippen LogP) is 1.22. The standard InChI is InChI=1S/C17H23N3O4/c1-3-24-15(21)8-10-18-17(23)19-12(2)16(22)20-11-9-13-6-4-5-7-14(13)20/h4-7,12H,3,8-11H2,1-2H3,(H2,18,19,23). The van der Waals surface area contributed by atoms with E-state index in [1.165, 1.54) is 0 Å². The molecule has 3 amide bonds. The number of hydrogen-bond acceptors (Lipinski definition) is 4. The van der Waals surface area contributed by atoms with Gasteiger partial charge in [-0.15, -0.1) is 0 Å². The van der Waals surface area contributed by atoms with Gasteiger partial charge in [0.2, 0.25) is 5.91 Å². The number of nitrogens with one attached hydrogen (secondary N) is 2. The molecule has 24 heavy (non-hydrogen) atoms. The molecule has 0 fully saturated rings. The Labute approximate surface area is 141 Å². The van der Waals surface area contributed by atoms with Crippen LogP contribution >= 0.6 is 0 Å². The van der Waals surface area contributed by atoms with E-state index in [0.29, 0.717) is 13.2 Å². The van der Waals surface area contributed by atoms with E-state index in [0.717, 1.165) is 17.7 Å². The second kappa shape index (κ2) is 8.33. The highest BCUT2D eigenvalue weighted by atomic mass is 16.5. The molecule has 2 rings (SSSR count). The Morgan fingerprint density at radius 3 is 2.79 bits per heavy atom. The summed E-state index contributed by atoms with van der Waals surface area (Å²) in [7, 11) is 0. The minimum Gasteiger partial charge on any atom is -0.466 e. The number of amides is 3. The lowest BCUT2D eigenvalue weighted by atomic mass is 10.2. The third kappa shape index (κ3) is 4.47. The number of urea groups is 1. The summed E-state index contributed by atoms with van der Waals surface area (Å²) in [6.07, 6.45) is 0.920. The van der Waals surface area contributed by atoms with Crippen molar-refractivity contribution < 1.29 is 19.1 Å². The van der Waals surface area contributed by atoms with Crippen molar-refractivity contribution in [1.82, 2.24) is 10.6 Å². The molecule has 0 radical (unpaired) electrons. The summed E-state index contributed by atoms with van der Waals surface area (Å²) in [6.45, 7) is 4.47. The second-order valence-corrected chi connectivity index (χ2v) is 5.55. The zero-order valence-electron chi connectivity index (χ0n) is 14.0. The Bertz CT molecular complexity index is 618. The van der Waals surface area contributed by atoms with Gasteiger partial charge in [-0.25, -0.2) is 4.79 Å². The Hall–Kier alpha value is -2.57. The second-order valence-electron chi connectivity index (χ2n) is 5.55. The van der Waals surface area contributed by atoms with Gasteiger partial charge in [-0.2, -0.15) is 0 Å². The van der Waals surface area contributed by atoms with Gasteiger partial charge in [0.15, 0.2) is 0 Å². The fraction of sp³-hybridized carbons (Fsp3) is 0.471. The Kier molecular flexibility index (Phi) is 6.17. The monoisotopic (exact) mass is 333 g/mol. The maximum absolute atomic E-state index is 12.5. The zero-order valence-corrected chi connectivity index (χ0v) is 14.0. The van der Waals surface area contributed by atoms with Crippen LogP contribution in [0.4, 0.5) is 10.5 Å². The van der Waals surface area contributed by atoms with Crippen molar-refractivity contribution in [2.45, 2.75) is 32.7 Å². The van der Waals surface area contributed by atoms with Crippen molar-refractivity contribution in [3.8, 4) is 0 Å². The molecular formula is C17H23N3O4. The molecular weight excluding hydrogens is 310 g/mol. The average Bonchev–Trinajstić information content (AvgIpc) is 2.98. The number of rotatable bonds is 6. The molecule has 1 aliphatic rings. The number of fused-ring (bicyclic) bond motifs is 1. The lowest BCUT2D eigenvalue weighted by Gasteiger charge is -2.22. The fourth-order valence-electron chi connectivity index (χ4n) is 2.62. The molecule has 2 N–H and O–H groups in total. The number of anilines is 1. The maximum Gasteiger partial charge on any atom is 0.315 e. The zero-order chi connectivity index (χ0) is 17.5. The number of para-hydroxylation sites is 1. The number of ether oxygens (including phenoxy) is 1. The number of carbonyl (C=O) groups excluding carboxylic acids is 3. The van der Waals surface area contributed by atoms with Crippen LogP contribution in [0.15, 0.2) is 24.3 Å². The largest absolute Gasteiger partial charge is 0.466 e. The van der Waals surface area contributed by atoms with Crippen molar-refractivity contribution in [3.63, 3.8) is 0 Å². The number of nitrogens with zero attached hydrogens (tertiary/aromatic N) is 1. The first kappa shape index (κ1) is 17.8. The van der Waals surface area contributed by atoms with E-state index in [1.54, 1.807) is 18.7 Å². The van der Waals surface area contributed by atoms with Gasteiger partial charge in [0.1, 0.15) is 6.04 Å². The lowest BCUT2D eigenvalue weighted by Crippen LogP contribution is -2.49. The van der Waals surface area contributed by atoms with Gasteiger partial charge in [-0.1, -0.05) is 18.2 Å². The van der Waals surface area contributed by atoms with Gasteiger partial charge in [0.05, 0.1) is 13.0 Å². The van der Waals surface area contributed by atoms with Crippen molar-refractivity contribution in [2.75, 3.05) is 24.6 Å². The smallest absolute Gasteiger partial charge is 0.315 e. The van der Waals surface area contributed by atoms with Crippen molar-refractivity contribution >= 4 is 23.6 Å². The molecule has 1 unspecified atom stereocenters. The molecule has 7 nitrogen and oxygen atoms in total. The summed E-state index contributed by atoms with van der Waals surface area (Å²) in [4.78, 5) is 37.2. The van der Waals surface area contributed by atoms with Gasteiger partial charge in [-0.05, 0) is 31.9 Å². The van der Waals surface area contributed by atoms with E-state index >= 15 is 0 Å². The first-order valence-electron chi connectivity index (χ1n) is 8.12. The van der Waals surface area contributed by atoms with Crippen LogP contribution in [0.1, 0.15) is 25.8 Å². The molecule has 0 spiro atoms. The normalized spacial score (nSPS) is 13.8. The van der Waals surface area contributed by atoms with Crippen LogP contribution in [-0.2, 0) is 20.7 Å². The molecule has 7 heteroatoms. The van der Waals surface area contributed by atoms with E-state index < -0.39 is 12.1 Å². The maximum atomic E-state index is 12.5. The van der Waals surface area contributed by atoms with E-state index in [1.807, 2.05) is 24.3 Å². The van der Waals surface area contributed by atoms with Crippen LogP contribution in [0.5, 0.6) is 0 Å². The topological polar surface area (TPSA) is 87.7 Å². The average molecular weight is 333 g/mol. The van der Waals surface area contributed by atoms with Crippen LogP contribution in [0, 0.1) is 0 Å². The molecule has 0 saturated carbocycles. The third-order valence-electron chi connectivity index (χ3n) is 3.79. The third-order valence-corrected chi connectivity index (χ3v) is 3.79. The van der Waals surface area contributed by atoms with Crippen molar-refractivity contribution in [3.05, 3.63) is 29.8 Å². The van der Waals surface area contributed by atoms with E-state index in [4.69, 9.17) is 4.74 Å². The molecule has 1 aliphatic heterocycles. The highest BCUT2D eigenvalue weighted by Gasteiger charge is 2.28. The molecule has 0 aromatic heterocycles. The van der Waals surface area contributed by atoms with Crippen LogP contribution in [0.3, 0.4) is 0 Å². The minimum absolute atomic E-state index is 0.100. The lowest BCUT2D eigenvalue weighted by molar-refractivity contribution is -0.142. The quantitative estimate of drug-likeness (QED) is 0.766. The summed E-state index contributed by atoms with van der Waals surface area (Å²) in [5.74, 6) is -0.518. The number of esters is 1. The Morgan fingerprint density at radius 2 is 2.04 bits per heavy atom. The number of benzene rings is 1. The van der Waals surface area contributed by atoms with E-state index in [2.05, 4.69) is 10.6 Å². The predicted molar refractivity (Wildman–Crippen MR) is 89.7 cm³/mol. The van der Waals surface area contributed by atoms with Crippen molar-refractivity contribution in [2.24, 2.45) is 0 Å². The van der Waals surface area contributed by atoms with E-state index in [-0.39, 0.29) is 24.8 Å². The molecule has 130 valence electrons. The van der Waals surface area contributed by atoms with Gasteiger partial charge >= 0.3 is 12.0 Å². The molecule has 1 aromatic rings. The summed E-state index contributed by atoms with van der Waals surface area (Å²) in [6, 6.07) is 6.62. The fourth-order valence-corrected chi connectivity index (χ4v) is 2.62. The molecule has 1 atom stereocenters. The van der Waals surface area contributed by atoms with Gasteiger partial charge < -0.3 is 20.3 Å². The summed E-state index contributed by atoms with van der Waals surface area (Å²) in [5.41, 5.74) is 2.04. The number of hydrogen-bond donors (Lipinski definition) is 2. The first-order chi connectivity index (χ1) is 11.5. The summed E-state index contributed by atoms with van der Waals surface area (Å²) < 4.78 is 4.77. The molecule has 1 aromatic carbocycles. The van der Waals surface area contributed by atoms with Gasteiger partial charge in [-0.3, -0.25) is 9.59 Å². The molecule has 0 saturated heterocycles. The van der Waals surface area contributed by atoms with Crippen molar-refractivity contribution in [1.29, 1.82) is 0 Å². The summed E-state index contributed by atoms with van der Waals surface area (Å²) in [5, 5.41) is 5.15. The van der Waals surface area contributed by atoms with Gasteiger partial charge in [0.25, 0.3) is 0 Å². The first-order valence-corrected chi connectivity index (χ1v) is 8.12. The highest BCUT2D eigenvalue weighted by Crippen LogP contribution is 2.27. The Balaban J connectivity index is 1.80. The van der Waals surface area contributed by atoms with Crippen LogP contribution in [0.25, 0.3) is 0 Å². The highest BCUT2D eigenvalue weighted by molar-refractivity contribution is 6.00. The number of carbonyl (C=O) groups is 3. The Morgan fingerprint density at radius 1 is 1.29 bits per heavy atom. The molecule has 0 aliphatic carbocycles. The minimum atomic E-state index is -0.654. The van der Waals surface area contributed by atoms with Crippen LogP contribution in [-0.4, -0.2) is 43.6 Å². The molecule has 0 bridgehead atoms. The van der Waals surface area contributed by atoms with E-state index in [9.17, 15) is 14.4 Å².